The van der Waals surface area contributed by atoms with Crippen molar-refractivity contribution in [1.82, 2.24) is 20.8 Å². The number of rotatable bonds is 4. The van der Waals surface area contributed by atoms with Crippen molar-refractivity contribution >= 4 is 17.6 Å². The van der Waals surface area contributed by atoms with Crippen molar-refractivity contribution in [2.45, 2.75) is 39.7 Å². The summed E-state index contributed by atoms with van der Waals surface area (Å²) in [6.07, 6.45) is 0.222. The summed E-state index contributed by atoms with van der Waals surface area (Å²) >= 11 is 0. The number of hydrogen-bond donors (Lipinski definition) is 4. The third-order valence-electron chi connectivity index (χ3n) is 2.35. The molecular formula is C12H21N5O2. The van der Waals surface area contributed by atoms with Crippen LogP contribution in [0, 0.1) is 6.92 Å². The first kappa shape index (κ1) is 15.0. The number of nitrogens with two attached hydrogens (primary N) is 1. The lowest BCUT2D eigenvalue weighted by atomic mass is 10.1. The molecule has 1 heterocycles. The van der Waals surface area contributed by atoms with Crippen molar-refractivity contribution in [2.24, 2.45) is 0 Å². The van der Waals surface area contributed by atoms with Crippen molar-refractivity contribution in [3.8, 4) is 0 Å². The number of H-pyrrole nitrogens is 1. The number of aromatic amines is 1. The highest BCUT2D eigenvalue weighted by Gasteiger charge is 2.17. The van der Waals surface area contributed by atoms with Gasteiger partial charge in [0.2, 0.25) is 5.91 Å². The van der Waals surface area contributed by atoms with Crippen LogP contribution in [-0.4, -0.2) is 34.1 Å². The van der Waals surface area contributed by atoms with Crippen LogP contribution in [0.4, 0.5) is 5.82 Å². The third kappa shape index (κ3) is 4.61. The predicted molar refractivity (Wildman–Crippen MR) is 72.6 cm³/mol. The quantitative estimate of drug-likeness (QED) is 0.629. The van der Waals surface area contributed by atoms with Crippen molar-refractivity contribution < 1.29 is 9.59 Å². The van der Waals surface area contributed by atoms with Crippen LogP contribution >= 0.6 is 0 Å². The number of aryl methyl sites for hydroxylation is 1. The lowest BCUT2D eigenvalue weighted by Gasteiger charge is -2.20. The number of aromatic nitrogens is 2. The Balaban J connectivity index is 2.42. The first-order chi connectivity index (χ1) is 8.70. The first-order valence-electron chi connectivity index (χ1n) is 6.10. The lowest BCUT2D eigenvalue weighted by molar-refractivity contribution is -0.122. The molecule has 0 unspecified atom stereocenters. The largest absolute Gasteiger partial charge is 0.382 e. The summed E-state index contributed by atoms with van der Waals surface area (Å²) in [4.78, 5) is 23.4. The van der Waals surface area contributed by atoms with E-state index < -0.39 is 0 Å². The van der Waals surface area contributed by atoms with Crippen LogP contribution < -0.4 is 16.4 Å². The molecule has 19 heavy (non-hydrogen) atoms. The van der Waals surface area contributed by atoms with E-state index in [2.05, 4.69) is 20.8 Å². The number of amides is 2. The Labute approximate surface area is 112 Å². The first-order valence-corrected chi connectivity index (χ1v) is 6.10. The Bertz CT molecular complexity index is 453. The van der Waals surface area contributed by atoms with E-state index in [1.807, 2.05) is 20.8 Å². The average molecular weight is 267 g/mol. The molecule has 1 rings (SSSR count). The van der Waals surface area contributed by atoms with Crippen LogP contribution in [0.1, 0.15) is 43.2 Å². The van der Waals surface area contributed by atoms with Crippen LogP contribution in [0.3, 0.4) is 0 Å². The van der Waals surface area contributed by atoms with Gasteiger partial charge in [0.25, 0.3) is 5.91 Å². The minimum Gasteiger partial charge on any atom is -0.382 e. The van der Waals surface area contributed by atoms with Crippen LogP contribution in [0.25, 0.3) is 0 Å². The average Bonchev–Trinajstić information content (AvgIpc) is 2.55. The van der Waals surface area contributed by atoms with E-state index in [1.165, 1.54) is 0 Å². The summed E-state index contributed by atoms with van der Waals surface area (Å²) in [7, 11) is 0. The fourth-order valence-corrected chi connectivity index (χ4v) is 1.59. The summed E-state index contributed by atoms with van der Waals surface area (Å²) in [5.41, 5.74) is 6.24. The molecule has 7 heteroatoms. The molecule has 1 aromatic rings. The van der Waals surface area contributed by atoms with Crippen LogP contribution in [0.2, 0.25) is 0 Å². The van der Waals surface area contributed by atoms with Gasteiger partial charge in [-0.2, -0.15) is 5.10 Å². The second-order valence-corrected chi connectivity index (χ2v) is 5.41. The SMILES string of the molecule is Cc1[nH]nc(N)c1C(=O)NCCC(=O)NC(C)(C)C. The van der Waals surface area contributed by atoms with Crippen LogP contribution in [-0.2, 0) is 4.79 Å². The van der Waals surface area contributed by atoms with E-state index in [9.17, 15) is 9.59 Å². The van der Waals surface area contributed by atoms with Gasteiger partial charge in [-0.3, -0.25) is 14.7 Å². The molecule has 0 aliphatic rings. The van der Waals surface area contributed by atoms with Crippen molar-refractivity contribution in [3.05, 3.63) is 11.3 Å². The zero-order valence-corrected chi connectivity index (χ0v) is 11.8. The molecule has 0 fully saturated rings. The van der Waals surface area contributed by atoms with E-state index in [0.717, 1.165) is 0 Å². The fourth-order valence-electron chi connectivity index (χ4n) is 1.59. The summed E-state index contributed by atoms with van der Waals surface area (Å²) in [5.74, 6) is -0.272. The van der Waals surface area contributed by atoms with Crippen molar-refractivity contribution in [3.63, 3.8) is 0 Å². The Hall–Kier alpha value is -2.05. The second kappa shape index (κ2) is 5.73. The predicted octanol–water partition coefficient (Wildman–Crippen LogP) is 0.335. The normalized spacial score (nSPS) is 11.2. The molecule has 0 aliphatic carbocycles. The highest BCUT2D eigenvalue weighted by Crippen LogP contribution is 2.11. The molecule has 2 amide bonds. The number of anilines is 1. The van der Waals surface area contributed by atoms with E-state index in [4.69, 9.17) is 5.73 Å². The molecule has 0 spiro atoms. The Morgan fingerprint density at radius 3 is 2.47 bits per heavy atom. The van der Waals surface area contributed by atoms with Gasteiger partial charge in [0.1, 0.15) is 5.56 Å². The summed E-state index contributed by atoms with van der Waals surface area (Å²) in [5, 5.41) is 11.8. The van der Waals surface area contributed by atoms with E-state index in [-0.39, 0.29) is 36.1 Å². The monoisotopic (exact) mass is 267 g/mol. The maximum atomic E-state index is 11.8. The van der Waals surface area contributed by atoms with E-state index in [1.54, 1.807) is 6.92 Å². The zero-order valence-electron chi connectivity index (χ0n) is 11.8. The minimum absolute atomic E-state index is 0.107. The number of carbonyl (C=O) groups excluding carboxylic acids is 2. The minimum atomic E-state index is -0.327. The smallest absolute Gasteiger partial charge is 0.256 e. The van der Waals surface area contributed by atoms with Crippen molar-refractivity contribution in [1.29, 1.82) is 0 Å². The summed E-state index contributed by atoms with van der Waals surface area (Å²) in [6.45, 7) is 7.67. The standard InChI is InChI=1S/C12H21N5O2/c1-7-9(10(13)17-16-7)11(19)14-6-5-8(18)15-12(2,3)4/h5-6H2,1-4H3,(H,14,19)(H,15,18)(H3,13,16,17). The molecule has 5 N–H and O–H groups in total. The number of nitrogen functional groups attached to an aromatic ring is 1. The fraction of sp³-hybridized carbons (Fsp3) is 0.583. The lowest BCUT2D eigenvalue weighted by Crippen LogP contribution is -2.42. The molecule has 0 aromatic carbocycles. The molecular weight excluding hydrogens is 246 g/mol. The number of carbonyl (C=O) groups is 2. The molecule has 0 atom stereocenters. The van der Waals surface area contributed by atoms with Gasteiger partial charge in [-0.05, 0) is 27.7 Å². The molecule has 0 saturated heterocycles. The Kier molecular flexibility index (Phi) is 4.52. The van der Waals surface area contributed by atoms with Crippen LogP contribution in [0.5, 0.6) is 0 Å². The molecule has 0 radical (unpaired) electrons. The van der Waals surface area contributed by atoms with Gasteiger partial charge < -0.3 is 16.4 Å². The molecule has 7 nitrogen and oxygen atoms in total. The topological polar surface area (TPSA) is 113 Å². The maximum absolute atomic E-state index is 11.8. The Morgan fingerprint density at radius 2 is 2.00 bits per heavy atom. The highest BCUT2D eigenvalue weighted by molar-refractivity contribution is 5.99. The van der Waals surface area contributed by atoms with Crippen molar-refractivity contribution in [2.75, 3.05) is 12.3 Å². The third-order valence-corrected chi connectivity index (χ3v) is 2.35. The molecule has 1 aromatic heterocycles. The van der Waals surface area contributed by atoms with Gasteiger partial charge in [-0.1, -0.05) is 0 Å². The maximum Gasteiger partial charge on any atom is 0.256 e. The zero-order chi connectivity index (χ0) is 14.6. The van der Waals surface area contributed by atoms with Gasteiger partial charge in [-0.25, -0.2) is 0 Å². The summed E-state index contributed by atoms with van der Waals surface area (Å²) in [6, 6.07) is 0. The van der Waals surface area contributed by atoms with Gasteiger partial charge in [-0.15, -0.1) is 0 Å². The number of nitrogens with zero attached hydrogens (tertiary/aromatic N) is 1. The Morgan fingerprint density at radius 1 is 1.37 bits per heavy atom. The molecule has 0 saturated carbocycles. The summed E-state index contributed by atoms with van der Waals surface area (Å²) < 4.78 is 0. The number of nitrogens with one attached hydrogen (secondary N) is 3. The van der Waals surface area contributed by atoms with Gasteiger partial charge in [0, 0.05) is 24.2 Å². The van der Waals surface area contributed by atoms with Gasteiger partial charge in [0.05, 0.1) is 0 Å². The number of hydrogen-bond acceptors (Lipinski definition) is 4. The van der Waals surface area contributed by atoms with E-state index in [0.29, 0.717) is 11.3 Å². The highest BCUT2D eigenvalue weighted by atomic mass is 16.2. The van der Waals surface area contributed by atoms with E-state index >= 15 is 0 Å². The molecule has 106 valence electrons. The van der Waals surface area contributed by atoms with Crippen LogP contribution in [0.15, 0.2) is 0 Å². The molecule has 0 bridgehead atoms. The second-order valence-electron chi connectivity index (χ2n) is 5.41. The van der Waals surface area contributed by atoms with Gasteiger partial charge >= 0.3 is 0 Å². The molecule has 0 aliphatic heterocycles. The van der Waals surface area contributed by atoms with Gasteiger partial charge in [0.15, 0.2) is 5.82 Å².